The van der Waals surface area contributed by atoms with Crippen LogP contribution in [0.4, 0.5) is 0 Å². The second-order valence-electron chi connectivity index (χ2n) is 5.96. The average Bonchev–Trinajstić information content (AvgIpc) is 3.22. The fourth-order valence-corrected chi connectivity index (χ4v) is 4.95. The van der Waals surface area contributed by atoms with Crippen molar-refractivity contribution in [1.82, 2.24) is 9.55 Å². The van der Waals surface area contributed by atoms with E-state index in [-0.39, 0.29) is 5.91 Å². The van der Waals surface area contributed by atoms with Crippen molar-refractivity contribution in [2.24, 2.45) is 4.99 Å². The number of rotatable bonds is 2. The summed E-state index contributed by atoms with van der Waals surface area (Å²) < 4.78 is 4.34. The summed E-state index contributed by atoms with van der Waals surface area (Å²) in [6.45, 7) is 7.07. The molecule has 2 heterocycles. The first-order valence-corrected chi connectivity index (χ1v) is 9.80. The molecule has 4 rings (SSSR count). The smallest absolute Gasteiger partial charge is 0.279 e. The van der Waals surface area contributed by atoms with Crippen molar-refractivity contribution < 1.29 is 4.79 Å². The molecule has 4 aromatic rings. The number of aromatic nitrogens is 2. The third-order valence-electron chi connectivity index (χ3n) is 4.32. The monoisotopic (exact) mass is 367 g/mol. The summed E-state index contributed by atoms with van der Waals surface area (Å²) in [7, 11) is 0. The fourth-order valence-electron chi connectivity index (χ4n) is 2.99. The number of thiazole rings is 2. The number of hydrogen-bond donors (Lipinski definition) is 0. The Hall–Kier alpha value is -2.31. The number of carbonyl (C=O) groups excluding carboxylic acids is 1. The Morgan fingerprint density at radius 1 is 1.20 bits per heavy atom. The van der Waals surface area contributed by atoms with Gasteiger partial charge in [0, 0.05) is 12.1 Å². The molecule has 0 saturated heterocycles. The molecule has 6 heteroatoms. The minimum atomic E-state index is -0.209. The molecule has 126 valence electrons. The first kappa shape index (κ1) is 16.2. The molecule has 0 radical (unpaired) electrons. The zero-order valence-corrected chi connectivity index (χ0v) is 15.9. The molecule has 0 unspecified atom stereocenters. The molecule has 0 fully saturated rings. The summed E-state index contributed by atoms with van der Waals surface area (Å²) in [6, 6.07) is 9.80. The van der Waals surface area contributed by atoms with Gasteiger partial charge in [-0.15, -0.1) is 11.3 Å². The van der Waals surface area contributed by atoms with Crippen LogP contribution in [-0.4, -0.2) is 15.5 Å². The van der Waals surface area contributed by atoms with Gasteiger partial charge in [0.1, 0.15) is 0 Å². The summed E-state index contributed by atoms with van der Waals surface area (Å²) in [5.41, 5.74) is 6.91. The molecule has 25 heavy (non-hydrogen) atoms. The molecule has 2 aromatic carbocycles. The molecule has 2 aromatic heterocycles. The van der Waals surface area contributed by atoms with Crippen LogP contribution in [0.2, 0.25) is 0 Å². The predicted molar refractivity (Wildman–Crippen MR) is 104 cm³/mol. The van der Waals surface area contributed by atoms with Crippen molar-refractivity contribution in [3.63, 3.8) is 0 Å². The van der Waals surface area contributed by atoms with E-state index in [1.807, 2.05) is 12.1 Å². The summed E-state index contributed by atoms with van der Waals surface area (Å²) in [5.74, 6) is -0.209. The first-order chi connectivity index (χ1) is 12.1. The van der Waals surface area contributed by atoms with Crippen LogP contribution in [0.15, 0.2) is 40.8 Å². The van der Waals surface area contributed by atoms with Gasteiger partial charge in [-0.1, -0.05) is 23.5 Å². The van der Waals surface area contributed by atoms with Gasteiger partial charge >= 0.3 is 0 Å². The third kappa shape index (κ3) is 2.71. The number of benzene rings is 2. The van der Waals surface area contributed by atoms with Gasteiger partial charge in [0.2, 0.25) is 0 Å². The van der Waals surface area contributed by atoms with Crippen molar-refractivity contribution in [2.45, 2.75) is 27.3 Å². The van der Waals surface area contributed by atoms with Gasteiger partial charge in [-0.05, 0) is 50.1 Å². The van der Waals surface area contributed by atoms with E-state index < -0.39 is 0 Å². The van der Waals surface area contributed by atoms with Crippen LogP contribution >= 0.6 is 22.7 Å². The van der Waals surface area contributed by atoms with Crippen LogP contribution in [0.1, 0.15) is 28.4 Å². The van der Waals surface area contributed by atoms with Crippen LogP contribution in [0.25, 0.3) is 20.4 Å². The average molecular weight is 367 g/mol. The van der Waals surface area contributed by atoms with Crippen LogP contribution in [-0.2, 0) is 6.54 Å². The van der Waals surface area contributed by atoms with Crippen molar-refractivity contribution in [1.29, 1.82) is 0 Å². The quantitative estimate of drug-likeness (QED) is 0.516. The van der Waals surface area contributed by atoms with Gasteiger partial charge in [0.15, 0.2) is 4.80 Å². The van der Waals surface area contributed by atoms with Crippen molar-refractivity contribution in [3.8, 4) is 0 Å². The summed E-state index contributed by atoms with van der Waals surface area (Å²) >= 11 is 3.12. The minimum Gasteiger partial charge on any atom is -0.316 e. The van der Waals surface area contributed by atoms with E-state index >= 15 is 0 Å². The lowest BCUT2D eigenvalue weighted by molar-refractivity contribution is 0.0998. The lowest BCUT2D eigenvalue weighted by atomic mass is 10.1. The maximum absolute atomic E-state index is 12.7. The van der Waals surface area contributed by atoms with Crippen LogP contribution in [0, 0.1) is 13.8 Å². The largest absolute Gasteiger partial charge is 0.316 e. The van der Waals surface area contributed by atoms with Gasteiger partial charge < -0.3 is 4.57 Å². The Labute approximate surface area is 153 Å². The molecule has 0 aliphatic carbocycles. The van der Waals surface area contributed by atoms with Crippen molar-refractivity contribution in [3.05, 3.63) is 57.3 Å². The maximum Gasteiger partial charge on any atom is 0.279 e. The number of aryl methyl sites for hydroxylation is 3. The Morgan fingerprint density at radius 2 is 2.00 bits per heavy atom. The van der Waals surface area contributed by atoms with Gasteiger partial charge in [-0.2, -0.15) is 4.99 Å². The number of hydrogen-bond acceptors (Lipinski definition) is 4. The first-order valence-electron chi connectivity index (χ1n) is 8.10. The topological polar surface area (TPSA) is 47.2 Å². The maximum atomic E-state index is 12.7. The SMILES string of the molecule is CCn1c(=NC(=O)c2ccc3ncsc3c2)sc2c(C)ccc(C)c21. The van der Waals surface area contributed by atoms with Crippen LogP contribution in [0.5, 0.6) is 0 Å². The van der Waals surface area contributed by atoms with Crippen molar-refractivity contribution in [2.75, 3.05) is 0 Å². The highest BCUT2D eigenvalue weighted by Crippen LogP contribution is 2.25. The lowest BCUT2D eigenvalue weighted by Gasteiger charge is -2.04. The molecular formula is C19H17N3OS2. The lowest BCUT2D eigenvalue weighted by Crippen LogP contribution is -2.16. The molecule has 0 aliphatic rings. The number of fused-ring (bicyclic) bond motifs is 2. The zero-order chi connectivity index (χ0) is 17.6. The van der Waals surface area contributed by atoms with E-state index in [0.29, 0.717) is 5.56 Å². The number of amides is 1. The zero-order valence-electron chi connectivity index (χ0n) is 14.2. The van der Waals surface area contributed by atoms with Gasteiger partial charge in [-0.3, -0.25) is 4.79 Å². The number of nitrogens with zero attached hydrogens (tertiary/aromatic N) is 3. The van der Waals surface area contributed by atoms with Gasteiger partial charge in [0.05, 0.1) is 25.9 Å². The highest BCUT2D eigenvalue weighted by Gasteiger charge is 2.12. The van der Waals surface area contributed by atoms with E-state index in [1.54, 1.807) is 22.9 Å². The molecule has 0 N–H and O–H groups in total. The molecule has 0 spiro atoms. The van der Waals surface area contributed by atoms with E-state index in [9.17, 15) is 4.79 Å². The minimum absolute atomic E-state index is 0.209. The van der Waals surface area contributed by atoms with E-state index in [0.717, 1.165) is 21.6 Å². The molecule has 0 atom stereocenters. The number of carbonyl (C=O) groups is 1. The van der Waals surface area contributed by atoms with Crippen molar-refractivity contribution >= 4 is 49.0 Å². The highest BCUT2D eigenvalue weighted by molar-refractivity contribution is 7.17. The standard InChI is InChI=1S/C19H17N3OS2/c1-4-22-16-11(2)5-6-12(3)17(16)25-19(22)21-18(23)13-7-8-14-15(9-13)24-10-20-14/h5-10H,4H2,1-3H3. The predicted octanol–water partition coefficient (Wildman–Crippen LogP) is 4.69. The third-order valence-corrected chi connectivity index (χ3v) is 6.32. The van der Waals surface area contributed by atoms with Gasteiger partial charge in [0.25, 0.3) is 5.91 Å². The van der Waals surface area contributed by atoms with E-state index in [2.05, 4.69) is 47.4 Å². The second kappa shape index (κ2) is 6.20. The Kier molecular flexibility index (Phi) is 4.01. The molecular weight excluding hydrogens is 350 g/mol. The molecule has 4 nitrogen and oxygen atoms in total. The molecule has 0 aliphatic heterocycles. The summed E-state index contributed by atoms with van der Waals surface area (Å²) in [6.07, 6.45) is 0. The van der Waals surface area contributed by atoms with Crippen LogP contribution < -0.4 is 4.80 Å². The summed E-state index contributed by atoms with van der Waals surface area (Å²) in [5, 5.41) is 0. The molecule has 1 amide bonds. The van der Waals surface area contributed by atoms with E-state index in [1.165, 1.54) is 32.7 Å². The molecule has 0 bridgehead atoms. The van der Waals surface area contributed by atoms with Crippen LogP contribution in [0.3, 0.4) is 0 Å². The highest BCUT2D eigenvalue weighted by atomic mass is 32.1. The Balaban J connectivity index is 1.89. The van der Waals surface area contributed by atoms with E-state index in [4.69, 9.17) is 0 Å². The Morgan fingerprint density at radius 3 is 2.80 bits per heavy atom. The summed E-state index contributed by atoms with van der Waals surface area (Å²) in [4.78, 5) is 22.2. The normalized spacial score (nSPS) is 12.4. The fraction of sp³-hybridized carbons (Fsp3) is 0.211. The second-order valence-corrected chi connectivity index (χ2v) is 7.82. The van der Waals surface area contributed by atoms with Gasteiger partial charge in [-0.25, -0.2) is 4.98 Å². The molecule has 0 saturated carbocycles. The Bertz CT molecular complexity index is 1180.